The molecule has 0 atom stereocenters. The molecular formula is C11H8FN2S. The average molecular weight is 219 g/mol. The minimum atomic E-state index is -0.447. The summed E-state index contributed by atoms with van der Waals surface area (Å²) in [5, 5.41) is 1.89. The third-order valence-electron chi connectivity index (χ3n) is 1.74. The summed E-state index contributed by atoms with van der Waals surface area (Å²) in [5.41, 5.74) is 0.896. The Labute approximate surface area is 91.1 Å². The van der Waals surface area contributed by atoms with Crippen molar-refractivity contribution in [1.82, 2.24) is 9.97 Å². The lowest BCUT2D eigenvalue weighted by molar-refractivity contribution is 0.673. The van der Waals surface area contributed by atoms with Crippen molar-refractivity contribution in [1.29, 1.82) is 0 Å². The van der Waals surface area contributed by atoms with Gasteiger partial charge < -0.3 is 0 Å². The predicted octanol–water partition coefficient (Wildman–Crippen LogP) is 3.35. The summed E-state index contributed by atoms with van der Waals surface area (Å²) in [4.78, 5) is 9.02. The third kappa shape index (κ3) is 2.47. The molecule has 1 radical (unpaired) electrons. The van der Waals surface area contributed by atoms with Gasteiger partial charge in [0.2, 0.25) is 0 Å². The minimum Gasteiger partial charge on any atom is -0.237 e. The maximum atomic E-state index is 12.5. The average Bonchev–Trinajstić information content (AvgIpc) is 2.67. The normalized spacial score (nSPS) is 11.7. The Bertz CT molecular complexity index is 472. The fraction of sp³-hybridized carbons (Fsp3) is 0. The minimum absolute atomic E-state index is 0.447. The molecular weight excluding hydrogens is 211 g/mol. The van der Waals surface area contributed by atoms with Gasteiger partial charge in [0.15, 0.2) is 5.82 Å². The van der Waals surface area contributed by atoms with E-state index in [-0.39, 0.29) is 0 Å². The second-order valence-corrected chi connectivity index (χ2v) is 3.84. The zero-order chi connectivity index (χ0) is 10.7. The van der Waals surface area contributed by atoms with Gasteiger partial charge in [-0.25, -0.2) is 14.4 Å². The molecule has 0 fully saturated rings. The van der Waals surface area contributed by atoms with Crippen molar-refractivity contribution in [2.24, 2.45) is 0 Å². The van der Waals surface area contributed by atoms with Gasteiger partial charge in [0, 0.05) is 35.1 Å². The maximum absolute atomic E-state index is 12.5. The first-order valence-electron chi connectivity index (χ1n) is 4.31. The van der Waals surface area contributed by atoms with E-state index in [4.69, 9.17) is 0 Å². The van der Waals surface area contributed by atoms with Crippen LogP contribution in [0.25, 0.3) is 17.5 Å². The van der Waals surface area contributed by atoms with Crippen LogP contribution in [-0.2, 0) is 0 Å². The Balaban J connectivity index is 2.32. The fourth-order valence-electron chi connectivity index (χ4n) is 1.15. The maximum Gasteiger partial charge on any atom is 0.159 e. The number of hydrogen-bond acceptors (Lipinski definition) is 3. The standard InChI is InChI=1S/C11H8FN2S/c1-8(12)5-10-6-9(7-15-10)11-13-3-2-4-14-11/h2-7H,1H2/b8-5+. The SMILES string of the molecule is [CH2]/C(F)=C\c1cc(-c2ncccn2)cs1. The topological polar surface area (TPSA) is 25.8 Å². The molecule has 2 rings (SSSR count). The van der Waals surface area contributed by atoms with Crippen molar-refractivity contribution >= 4 is 17.4 Å². The van der Waals surface area contributed by atoms with Crippen LogP contribution in [0.3, 0.4) is 0 Å². The molecule has 0 aromatic carbocycles. The van der Waals surface area contributed by atoms with Crippen LogP contribution in [-0.4, -0.2) is 9.97 Å². The summed E-state index contributed by atoms with van der Waals surface area (Å²) in [7, 11) is 0. The number of hydrogen-bond donors (Lipinski definition) is 0. The molecule has 0 saturated heterocycles. The van der Waals surface area contributed by atoms with Crippen molar-refractivity contribution in [2.45, 2.75) is 0 Å². The highest BCUT2D eigenvalue weighted by Gasteiger charge is 2.02. The van der Waals surface area contributed by atoms with Crippen LogP contribution < -0.4 is 0 Å². The molecule has 0 aliphatic heterocycles. The Kier molecular flexibility index (Phi) is 2.87. The largest absolute Gasteiger partial charge is 0.237 e. The van der Waals surface area contributed by atoms with Crippen molar-refractivity contribution in [3.63, 3.8) is 0 Å². The molecule has 0 saturated carbocycles. The molecule has 0 aliphatic carbocycles. The molecule has 75 valence electrons. The van der Waals surface area contributed by atoms with Crippen LogP contribution in [0.4, 0.5) is 4.39 Å². The summed E-state index contributed by atoms with van der Waals surface area (Å²) < 4.78 is 12.5. The summed E-state index contributed by atoms with van der Waals surface area (Å²) in [6.45, 7) is 3.19. The van der Waals surface area contributed by atoms with Crippen molar-refractivity contribution in [3.05, 3.63) is 47.5 Å². The van der Waals surface area contributed by atoms with E-state index in [2.05, 4.69) is 16.9 Å². The molecule has 2 aromatic rings. The van der Waals surface area contributed by atoms with Crippen molar-refractivity contribution in [2.75, 3.05) is 0 Å². The molecule has 0 bridgehead atoms. The number of rotatable bonds is 2. The van der Waals surface area contributed by atoms with E-state index in [0.717, 1.165) is 10.4 Å². The second kappa shape index (κ2) is 4.31. The first kappa shape index (κ1) is 9.98. The zero-order valence-electron chi connectivity index (χ0n) is 7.85. The van der Waals surface area contributed by atoms with Crippen LogP contribution in [0.1, 0.15) is 4.88 Å². The quantitative estimate of drug-likeness (QED) is 0.774. The van der Waals surface area contributed by atoms with E-state index in [1.807, 2.05) is 11.4 Å². The van der Waals surface area contributed by atoms with Gasteiger partial charge in [-0.1, -0.05) is 0 Å². The Morgan fingerprint density at radius 2 is 2.13 bits per heavy atom. The van der Waals surface area contributed by atoms with Gasteiger partial charge in [-0.2, -0.15) is 0 Å². The lowest BCUT2D eigenvalue weighted by Gasteiger charge is -1.92. The smallest absolute Gasteiger partial charge is 0.159 e. The lowest BCUT2D eigenvalue weighted by Crippen LogP contribution is -1.83. The molecule has 4 heteroatoms. The number of nitrogens with zero attached hydrogens (tertiary/aromatic N) is 2. The molecule has 0 unspecified atom stereocenters. The van der Waals surface area contributed by atoms with Gasteiger partial charge >= 0.3 is 0 Å². The number of allylic oxidation sites excluding steroid dienone is 1. The van der Waals surface area contributed by atoms with E-state index >= 15 is 0 Å². The van der Waals surface area contributed by atoms with E-state index in [1.165, 1.54) is 17.4 Å². The van der Waals surface area contributed by atoms with E-state index in [0.29, 0.717) is 5.82 Å². The molecule has 2 heterocycles. The molecule has 15 heavy (non-hydrogen) atoms. The van der Waals surface area contributed by atoms with E-state index < -0.39 is 5.83 Å². The van der Waals surface area contributed by atoms with Gasteiger partial charge in [-0.3, -0.25) is 0 Å². The Hall–Kier alpha value is -1.55. The molecule has 0 aliphatic rings. The van der Waals surface area contributed by atoms with Gasteiger partial charge in [-0.05, 0) is 18.2 Å². The summed E-state index contributed by atoms with van der Waals surface area (Å²) in [5.74, 6) is 0.204. The van der Waals surface area contributed by atoms with Crippen LogP contribution >= 0.6 is 11.3 Å². The number of aromatic nitrogens is 2. The van der Waals surface area contributed by atoms with Crippen LogP contribution in [0.15, 0.2) is 35.7 Å². The third-order valence-corrected chi connectivity index (χ3v) is 2.62. The number of thiophene rings is 1. The van der Waals surface area contributed by atoms with Gasteiger partial charge in [0.1, 0.15) is 5.83 Å². The highest BCUT2D eigenvalue weighted by atomic mass is 32.1. The van der Waals surface area contributed by atoms with Crippen LogP contribution in [0.2, 0.25) is 0 Å². The van der Waals surface area contributed by atoms with E-state index in [1.54, 1.807) is 18.5 Å². The molecule has 0 amide bonds. The second-order valence-electron chi connectivity index (χ2n) is 2.90. The molecule has 2 nitrogen and oxygen atoms in total. The molecule has 0 N–H and O–H groups in total. The first-order chi connectivity index (χ1) is 7.25. The summed E-state index contributed by atoms with van der Waals surface area (Å²) in [6, 6.07) is 3.59. The van der Waals surface area contributed by atoms with Crippen molar-refractivity contribution in [3.8, 4) is 11.4 Å². The van der Waals surface area contributed by atoms with E-state index in [9.17, 15) is 4.39 Å². The lowest BCUT2D eigenvalue weighted by atomic mass is 10.3. The van der Waals surface area contributed by atoms with Gasteiger partial charge in [0.05, 0.1) is 0 Å². The predicted molar refractivity (Wildman–Crippen MR) is 59.8 cm³/mol. The summed E-state index contributed by atoms with van der Waals surface area (Å²) >= 11 is 1.44. The zero-order valence-corrected chi connectivity index (χ0v) is 8.67. The monoisotopic (exact) mass is 219 g/mol. The Morgan fingerprint density at radius 1 is 1.40 bits per heavy atom. The van der Waals surface area contributed by atoms with Gasteiger partial charge in [-0.15, -0.1) is 11.3 Å². The number of halogens is 1. The molecule has 2 aromatic heterocycles. The van der Waals surface area contributed by atoms with Crippen LogP contribution in [0.5, 0.6) is 0 Å². The van der Waals surface area contributed by atoms with Gasteiger partial charge in [0.25, 0.3) is 0 Å². The first-order valence-corrected chi connectivity index (χ1v) is 5.19. The van der Waals surface area contributed by atoms with Crippen molar-refractivity contribution < 1.29 is 4.39 Å². The highest BCUT2D eigenvalue weighted by Crippen LogP contribution is 2.24. The van der Waals surface area contributed by atoms with Crippen LogP contribution in [0, 0.1) is 6.92 Å². The fourth-order valence-corrected chi connectivity index (χ4v) is 1.98. The highest BCUT2D eigenvalue weighted by molar-refractivity contribution is 7.11. The summed E-state index contributed by atoms with van der Waals surface area (Å²) in [6.07, 6.45) is 4.74. The molecule has 0 spiro atoms. The Morgan fingerprint density at radius 3 is 2.80 bits per heavy atom.